The van der Waals surface area contributed by atoms with Gasteiger partial charge in [0.05, 0.1) is 6.54 Å². The summed E-state index contributed by atoms with van der Waals surface area (Å²) in [7, 11) is 0. The summed E-state index contributed by atoms with van der Waals surface area (Å²) in [5, 5.41) is 2.56. The molecule has 2 amide bonds. The second-order valence-corrected chi connectivity index (χ2v) is 7.08. The number of hydrogen-bond donors (Lipinski definition) is 3. The van der Waals surface area contributed by atoms with Gasteiger partial charge in [-0.25, -0.2) is 4.72 Å². The van der Waals surface area contributed by atoms with Gasteiger partial charge in [-0.05, 0) is 43.0 Å². The summed E-state index contributed by atoms with van der Waals surface area (Å²) < 4.78 is 3.18. The van der Waals surface area contributed by atoms with Crippen LogP contribution in [-0.4, -0.2) is 24.4 Å². The molecule has 5 nitrogen and oxygen atoms in total. The van der Waals surface area contributed by atoms with Gasteiger partial charge < -0.3 is 11.1 Å². The maximum absolute atomic E-state index is 12.3. The third kappa shape index (κ3) is 9.82. The van der Waals surface area contributed by atoms with Crippen molar-refractivity contribution in [1.82, 2.24) is 10.0 Å². The summed E-state index contributed by atoms with van der Waals surface area (Å²) in [6, 6.07) is 17.3. The van der Waals surface area contributed by atoms with E-state index in [-0.39, 0.29) is 12.5 Å². The molecular weight excluding hydrogens is 358 g/mol. The average molecular weight is 388 g/mol. The zero-order chi connectivity index (χ0) is 20.1. The predicted octanol–water partition coefficient (Wildman–Crippen LogP) is 3.22. The number of rotatable bonds is 8. The molecular formula is C21H29N3O2S. The molecule has 0 unspecified atom stereocenters. The quantitative estimate of drug-likeness (QED) is 0.607. The van der Waals surface area contributed by atoms with Gasteiger partial charge >= 0.3 is 0 Å². The van der Waals surface area contributed by atoms with E-state index in [1.165, 1.54) is 23.9 Å². The molecule has 0 bridgehead atoms. The van der Waals surface area contributed by atoms with E-state index in [4.69, 9.17) is 5.73 Å². The molecule has 0 aliphatic heterocycles. The van der Waals surface area contributed by atoms with Crippen LogP contribution < -0.4 is 15.8 Å². The van der Waals surface area contributed by atoms with Crippen LogP contribution in [0.15, 0.2) is 59.5 Å². The number of hydrogen-bond acceptors (Lipinski definition) is 4. The topological polar surface area (TPSA) is 84.2 Å². The third-order valence-electron chi connectivity index (χ3n) is 3.38. The van der Waals surface area contributed by atoms with Crippen molar-refractivity contribution in [3.05, 3.63) is 65.7 Å². The number of carbonyl (C=O) groups is 2. The molecule has 0 spiro atoms. The standard InChI is InChI=1S/C18H21N3O2S.C3H8/c1-13-7-9-15(10-8-13)24-21-16(18(23)20-12-17(19)22)11-14-5-3-2-4-6-14;1-3-2/h2-10,16,21H,11-12H2,1H3,(H2,19,22)(H,20,23);3H2,1-2H3/t16-;/m0./s1. The van der Waals surface area contributed by atoms with E-state index < -0.39 is 11.9 Å². The Morgan fingerprint density at radius 2 is 1.63 bits per heavy atom. The highest BCUT2D eigenvalue weighted by molar-refractivity contribution is 7.97. The van der Waals surface area contributed by atoms with Crippen LogP contribution in [0.1, 0.15) is 31.4 Å². The summed E-state index contributed by atoms with van der Waals surface area (Å²) >= 11 is 1.39. The maximum atomic E-state index is 12.3. The van der Waals surface area contributed by atoms with Crippen molar-refractivity contribution in [2.45, 2.75) is 44.6 Å². The Bertz CT molecular complexity index is 690. The fourth-order valence-corrected chi connectivity index (χ4v) is 2.82. The van der Waals surface area contributed by atoms with Crippen LogP contribution in [0.5, 0.6) is 0 Å². The summed E-state index contributed by atoms with van der Waals surface area (Å²) in [6.45, 7) is 6.11. The van der Waals surface area contributed by atoms with Crippen molar-refractivity contribution in [3.63, 3.8) is 0 Å². The Balaban J connectivity index is 0.00000114. The fourth-order valence-electron chi connectivity index (χ4n) is 2.08. The smallest absolute Gasteiger partial charge is 0.238 e. The predicted molar refractivity (Wildman–Crippen MR) is 112 cm³/mol. The van der Waals surface area contributed by atoms with Gasteiger partial charge in [-0.15, -0.1) is 0 Å². The Morgan fingerprint density at radius 1 is 1.04 bits per heavy atom. The first-order chi connectivity index (χ1) is 13.0. The van der Waals surface area contributed by atoms with E-state index in [1.807, 2.05) is 61.5 Å². The molecule has 0 heterocycles. The second-order valence-electron chi connectivity index (χ2n) is 6.17. The van der Waals surface area contributed by atoms with Gasteiger partial charge in [-0.2, -0.15) is 0 Å². The van der Waals surface area contributed by atoms with E-state index in [2.05, 4.69) is 23.9 Å². The van der Waals surface area contributed by atoms with Gasteiger partial charge in [0.1, 0.15) is 6.04 Å². The zero-order valence-electron chi connectivity index (χ0n) is 16.2. The Kier molecular flexibility index (Phi) is 10.9. The monoisotopic (exact) mass is 387 g/mol. The van der Waals surface area contributed by atoms with Crippen molar-refractivity contribution in [1.29, 1.82) is 0 Å². The first-order valence-electron chi connectivity index (χ1n) is 9.05. The molecule has 2 aromatic carbocycles. The van der Waals surface area contributed by atoms with E-state index in [0.717, 1.165) is 10.5 Å². The number of carbonyl (C=O) groups excluding carboxylic acids is 2. The maximum Gasteiger partial charge on any atom is 0.238 e. The average Bonchev–Trinajstić information content (AvgIpc) is 2.66. The number of primary amides is 1. The molecule has 146 valence electrons. The van der Waals surface area contributed by atoms with Crippen molar-refractivity contribution in [3.8, 4) is 0 Å². The highest BCUT2D eigenvalue weighted by Gasteiger charge is 2.19. The number of nitrogens with one attached hydrogen (secondary N) is 2. The molecule has 0 aliphatic carbocycles. The first kappa shape index (κ1) is 22.7. The lowest BCUT2D eigenvalue weighted by molar-refractivity contribution is -0.125. The molecule has 0 radical (unpaired) electrons. The fraction of sp³-hybridized carbons (Fsp3) is 0.333. The zero-order valence-corrected chi connectivity index (χ0v) is 17.0. The largest absolute Gasteiger partial charge is 0.368 e. The summed E-state index contributed by atoms with van der Waals surface area (Å²) in [5.41, 5.74) is 7.31. The molecule has 0 saturated heterocycles. The molecule has 0 saturated carbocycles. The van der Waals surface area contributed by atoms with Crippen LogP contribution in [0.4, 0.5) is 0 Å². The van der Waals surface area contributed by atoms with Crippen molar-refractivity contribution < 1.29 is 9.59 Å². The molecule has 2 rings (SSSR count). The van der Waals surface area contributed by atoms with Crippen LogP contribution in [-0.2, 0) is 16.0 Å². The van der Waals surface area contributed by atoms with Crippen LogP contribution >= 0.6 is 11.9 Å². The molecule has 2 aromatic rings. The van der Waals surface area contributed by atoms with E-state index in [1.54, 1.807) is 0 Å². The van der Waals surface area contributed by atoms with Crippen molar-refractivity contribution in [2.24, 2.45) is 5.73 Å². The summed E-state index contributed by atoms with van der Waals surface area (Å²) in [6.07, 6.45) is 1.77. The summed E-state index contributed by atoms with van der Waals surface area (Å²) in [4.78, 5) is 24.2. The lowest BCUT2D eigenvalue weighted by Gasteiger charge is -2.17. The lowest BCUT2D eigenvalue weighted by atomic mass is 10.1. The molecule has 0 aliphatic rings. The SMILES string of the molecule is CCC.Cc1ccc(SN[C@@H](Cc2ccccc2)C(=O)NCC(N)=O)cc1. The van der Waals surface area contributed by atoms with Gasteiger partial charge in [-0.1, -0.05) is 68.3 Å². The van der Waals surface area contributed by atoms with E-state index >= 15 is 0 Å². The Hall–Kier alpha value is -2.31. The number of amides is 2. The normalized spacial score (nSPS) is 11.1. The van der Waals surface area contributed by atoms with Gasteiger partial charge in [-0.3, -0.25) is 9.59 Å². The van der Waals surface area contributed by atoms with Crippen molar-refractivity contribution in [2.75, 3.05) is 6.54 Å². The van der Waals surface area contributed by atoms with Crippen LogP contribution in [0.2, 0.25) is 0 Å². The van der Waals surface area contributed by atoms with E-state index in [9.17, 15) is 9.59 Å². The van der Waals surface area contributed by atoms with Gasteiger partial charge in [0, 0.05) is 4.90 Å². The highest BCUT2D eigenvalue weighted by atomic mass is 32.2. The molecule has 0 fully saturated rings. The van der Waals surface area contributed by atoms with Gasteiger partial charge in [0.2, 0.25) is 11.8 Å². The van der Waals surface area contributed by atoms with Crippen molar-refractivity contribution >= 4 is 23.8 Å². The molecule has 27 heavy (non-hydrogen) atoms. The first-order valence-corrected chi connectivity index (χ1v) is 9.86. The minimum atomic E-state index is -0.562. The second kappa shape index (κ2) is 12.9. The number of aryl methyl sites for hydroxylation is 1. The van der Waals surface area contributed by atoms with Crippen LogP contribution in [0, 0.1) is 6.92 Å². The Morgan fingerprint density at radius 3 is 2.19 bits per heavy atom. The van der Waals surface area contributed by atoms with Gasteiger partial charge in [0.25, 0.3) is 0 Å². The highest BCUT2D eigenvalue weighted by Crippen LogP contribution is 2.17. The third-order valence-corrected chi connectivity index (χ3v) is 4.29. The number of benzene rings is 2. The molecule has 6 heteroatoms. The van der Waals surface area contributed by atoms with Crippen LogP contribution in [0.3, 0.4) is 0 Å². The van der Waals surface area contributed by atoms with Gasteiger partial charge in [0.15, 0.2) is 0 Å². The molecule has 1 atom stereocenters. The minimum absolute atomic E-state index is 0.166. The van der Waals surface area contributed by atoms with Crippen LogP contribution in [0.25, 0.3) is 0 Å². The minimum Gasteiger partial charge on any atom is -0.368 e. The molecule has 0 aromatic heterocycles. The lowest BCUT2D eigenvalue weighted by Crippen LogP contribution is -2.45. The number of nitrogens with two attached hydrogens (primary N) is 1. The Labute approximate surface area is 166 Å². The molecule has 4 N–H and O–H groups in total. The summed E-state index contributed by atoms with van der Waals surface area (Å²) in [5.74, 6) is -0.815. The van der Waals surface area contributed by atoms with E-state index in [0.29, 0.717) is 6.42 Å².